The van der Waals surface area contributed by atoms with Gasteiger partial charge in [0.15, 0.2) is 0 Å². The molecule has 0 bridgehead atoms. The van der Waals surface area contributed by atoms with Crippen LogP contribution >= 0.6 is 23.2 Å². The summed E-state index contributed by atoms with van der Waals surface area (Å²) in [6.07, 6.45) is 2.43. The van der Waals surface area contributed by atoms with Crippen LogP contribution in [0.3, 0.4) is 0 Å². The third-order valence-electron chi connectivity index (χ3n) is 3.45. The van der Waals surface area contributed by atoms with Crippen LogP contribution < -0.4 is 9.47 Å². The Morgan fingerprint density at radius 1 is 1.14 bits per heavy atom. The summed E-state index contributed by atoms with van der Waals surface area (Å²) in [5.74, 6) is 1.63. The molecule has 0 amide bonds. The molecule has 0 atom stereocenters. The van der Waals surface area contributed by atoms with Crippen molar-refractivity contribution in [1.29, 1.82) is 0 Å². The van der Waals surface area contributed by atoms with Crippen LogP contribution in [0.5, 0.6) is 11.5 Å². The Bertz CT molecular complexity index is 678. The zero-order chi connectivity index (χ0) is 21.2. The number of rotatable bonds is 11. The van der Waals surface area contributed by atoms with Gasteiger partial charge < -0.3 is 19.0 Å². The van der Waals surface area contributed by atoms with Gasteiger partial charge in [0.25, 0.3) is 0 Å². The Kier molecular flexibility index (Phi) is 10.7. The topological polar surface area (TPSA) is 49.3 Å². The molecule has 1 aromatic rings. The molecule has 0 heterocycles. The van der Waals surface area contributed by atoms with E-state index < -0.39 is 0 Å². The van der Waals surface area contributed by atoms with Crippen LogP contribution in [0.25, 0.3) is 0 Å². The van der Waals surface area contributed by atoms with Gasteiger partial charge in [-0.25, -0.2) is 0 Å². The second-order valence-corrected chi connectivity index (χ2v) is 8.33. The fraction of sp³-hybridized carbons (Fsp3) is 0.571. The molecule has 0 radical (unpaired) electrons. The number of hydrogen-bond donors (Lipinski definition) is 0. The van der Waals surface area contributed by atoms with E-state index in [1.54, 1.807) is 6.08 Å². The van der Waals surface area contributed by atoms with Gasteiger partial charge in [-0.2, -0.15) is 0 Å². The summed E-state index contributed by atoms with van der Waals surface area (Å²) in [6.45, 7) is 13.4. The lowest BCUT2D eigenvalue weighted by molar-refractivity contribution is -0.000817. The normalized spacial score (nSPS) is 11.9. The number of ether oxygens (including phenoxy) is 3. The van der Waals surface area contributed by atoms with Gasteiger partial charge in [-0.1, -0.05) is 35.3 Å². The van der Waals surface area contributed by atoms with E-state index in [4.69, 9.17) is 42.3 Å². The number of aryl methyl sites for hydroxylation is 2. The summed E-state index contributed by atoms with van der Waals surface area (Å²) in [5, 5.41) is 4.05. The zero-order valence-electron chi connectivity index (χ0n) is 17.6. The lowest BCUT2D eigenvalue weighted by Crippen LogP contribution is -2.18. The molecule has 1 aromatic carbocycles. The summed E-state index contributed by atoms with van der Waals surface area (Å²) in [5.41, 5.74) is 2.56. The largest absolute Gasteiger partial charge is 0.491 e. The number of hydrogen-bond acceptors (Lipinski definition) is 5. The van der Waals surface area contributed by atoms with Crippen LogP contribution in [0, 0.1) is 6.92 Å². The molecule has 0 aromatic heterocycles. The number of halogens is 2. The summed E-state index contributed by atoms with van der Waals surface area (Å²) in [7, 11) is 0. The minimum absolute atomic E-state index is 0.192. The van der Waals surface area contributed by atoms with Crippen LogP contribution in [-0.2, 0) is 16.0 Å². The maximum Gasteiger partial charge on any atom is 0.129 e. The predicted molar refractivity (Wildman–Crippen MR) is 116 cm³/mol. The minimum atomic E-state index is -0.305. The number of oxime groups is 1. The van der Waals surface area contributed by atoms with Crippen molar-refractivity contribution < 1.29 is 19.0 Å². The van der Waals surface area contributed by atoms with Gasteiger partial charge in [0.2, 0.25) is 0 Å². The fourth-order valence-electron chi connectivity index (χ4n) is 2.23. The molecule has 0 aliphatic heterocycles. The summed E-state index contributed by atoms with van der Waals surface area (Å²) in [4.78, 5) is 5.36. The van der Waals surface area contributed by atoms with Gasteiger partial charge in [0.05, 0.1) is 18.9 Å². The molecular weight excluding hydrogens is 401 g/mol. The summed E-state index contributed by atoms with van der Waals surface area (Å²) >= 11 is 11.2. The standard InChI is InChI=1S/C21H31Cl2NO4/c1-7-17-13-18(26-9-8-19(22)23)12-15(2)20(17)27-11-10-25-14-16(3)24-28-21(4,5)6/h8,12-13H,7,9-11,14H2,1-6H3. The number of nitrogens with zero attached hydrogens (tertiary/aromatic N) is 1. The SMILES string of the molecule is CCc1cc(OCC=C(Cl)Cl)cc(C)c1OCCOCC(C)=NOC(C)(C)C. The molecule has 0 saturated carbocycles. The van der Waals surface area contributed by atoms with Crippen LogP contribution in [0.2, 0.25) is 0 Å². The first-order valence-electron chi connectivity index (χ1n) is 9.32. The lowest BCUT2D eigenvalue weighted by Gasteiger charge is -2.17. The van der Waals surface area contributed by atoms with Gasteiger partial charge >= 0.3 is 0 Å². The van der Waals surface area contributed by atoms with E-state index >= 15 is 0 Å². The van der Waals surface area contributed by atoms with E-state index in [0.29, 0.717) is 26.4 Å². The third-order valence-corrected chi connectivity index (χ3v) is 3.76. The molecule has 0 fully saturated rings. The van der Waals surface area contributed by atoms with Gasteiger partial charge in [-0.05, 0) is 70.4 Å². The van der Waals surface area contributed by atoms with E-state index in [2.05, 4.69) is 12.1 Å². The summed E-state index contributed by atoms with van der Waals surface area (Å²) in [6, 6.07) is 3.91. The third kappa shape index (κ3) is 10.2. The van der Waals surface area contributed by atoms with E-state index in [9.17, 15) is 0 Å². The molecule has 0 spiro atoms. The van der Waals surface area contributed by atoms with E-state index in [-0.39, 0.29) is 10.1 Å². The first kappa shape index (κ1) is 24.6. The molecule has 1 rings (SSSR count). The smallest absolute Gasteiger partial charge is 0.129 e. The van der Waals surface area contributed by atoms with Crippen molar-refractivity contribution in [2.45, 2.75) is 53.6 Å². The first-order valence-corrected chi connectivity index (χ1v) is 10.1. The fourth-order valence-corrected chi connectivity index (χ4v) is 2.35. The monoisotopic (exact) mass is 431 g/mol. The molecule has 0 unspecified atom stereocenters. The van der Waals surface area contributed by atoms with E-state index in [1.165, 1.54) is 0 Å². The maximum absolute atomic E-state index is 5.95. The van der Waals surface area contributed by atoms with Gasteiger partial charge in [-0.15, -0.1) is 0 Å². The van der Waals surface area contributed by atoms with Crippen molar-refractivity contribution >= 4 is 28.9 Å². The minimum Gasteiger partial charge on any atom is -0.491 e. The highest BCUT2D eigenvalue weighted by Crippen LogP contribution is 2.29. The Morgan fingerprint density at radius 2 is 1.86 bits per heavy atom. The average Bonchev–Trinajstić information content (AvgIpc) is 2.59. The highest BCUT2D eigenvalue weighted by molar-refractivity contribution is 6.55. The molecule has 0 N–H and O–H groups in total. The first-order chi connectivity index (χ1) is 13.1. The molecular formula is C21H31Cl2NO4. The molecule has 158 valence electrons. The van der Waals surface area contributed by atoms with E-state index in [1.807, 2.05) is 46.8 Å². The van der Waals surface area contributed by atoms with Crippen molar-refractivity contribution in [1.82, 2.24) is 0 Å². The zero-order valence-corrected chi connectivity index (χ0v) is 19.1. The molecule has 0 aliphatic rings. The second kappa shape index (κ2) is 12.2. The number of benzene rings is 1. The van der Waals surface area contributed by atoms with E-state index in [0.717, 1.165) is 34.8 Å². The van der Waals surface area contributed by atoms with Gasteiger partial charge in [0.1, 0.15) is 34.8 Å². The van der Waals surface area contributed by atoms with Crippen LogP contribution in [0.1, 0.15) is 45.7 Å². The lowest BCUT2D eigenvalue weighted by atomic mass is 10.1. The second-order valence-electron chi connectivity index (χ2n) is 7.32. The highest BCUT2D eigenvalue weighted by Gasteiger charge is 2.11. The Morgan fingerprint density at radius 3 is 2.46 bits per heavy atom. The Hall–Kier alpha value is -1.43. The Balaban J connectivity index is 2.52. The predicted octanol–water partition coefficient (Wildman–Crippen LogP) is 5.84. The van der Waals surface area contributed by atoms with Crippen molar-refractivity contribution in [2.75, 3.05) is 26.4 Å². The highest BCUT2D eigenvalue weighted by atomic mass is 35.5. The molecule has 0 aliphatic carbocycles. The average molecular weight is 432 g/mol. The van der Waals surface area contributed by atoms with Gasteiger partial charge in [0, 0.05) is 0 Å². The van der Waals surface area contributed by atoms with Crippen LogP contribution in [0.4, 0.5) is 0 Å². The Labute approximate surface area is 178 Å². The molecule has 28 heavy (non-hydrogen) atoms. The van der Waals surface area contributed by atoms with Crippen molar-refractivity contribution in [3.05, 3.63) is 33.8 Å². The van der Waals surface area contributed by atoms with Crippen molar-refractivity contribution in [2.24, 2.45) is 5.16 Å². The molecule has 0 saturated heterocycles. The van der Waals surface area contributed by atoms with Gasteiger partial charge in [-0.3, -0.25) is 0 Å². The quantitative estimate of drug-likeness (QED) is 0.250. The van der Waals surface area contributed by atoms with Crippen molar-refractivity contribution in [3.63, 3.8) is 0 Å². The molecule has 5 nitrogen and oxygen atoms in total. The van der Waals surface area contributed by atoms with Crippen LogP contribution in [0.15, 0.2) is 27.9 Å². The summed E-state index contributed by atoms with van der Waals surface area (Å²) < 4.78 is 17.4. The van der Waals surface area contributed by atoms with Crippen molar-refractivity contribution in [3.8, 4) is 11.5 Å². The maximum atomic E-state index is 5.95. The van der Waals surface area contributed by atoms with Crippen LogP contribution in [-0.4, -0.2) is 37.7 Å². The molecule has 7 heteroatoms.